The highest BCUT2D eigenvalue weighted by Gasteiger charge is 2.58. The molecule has 1 saturated heterocycles. The third-order valence-corrected chi connectivity index (χ3v) is 7.37. The molecule has 0 amide bonds. The summed E-state index contributed by atoms with van der Waals surface area (Å²) >= 11 is 0. The van der Waals surface area contributed by atoms with E-state index in [1.165, 1.54) is 25.7 Å². The molecule has 3 aliphatic carbocycles. The first-order valence-corrected chi connectivity index (χ1v) is 8.55. The topological polar surface area (TPSA) is 0 Å². The predicted molar refractivity (Wildman–Crippen MR) is 81.4 cm³/mol. The second-order valence-corrected chi connectivity index (χ2v) is 8.26. The highest BCUT2D eigenvalue weighted by molar-refractivity contribution is 6.62. The van der Waals surface area contributed by atoms with Crippen LogP contribution in [0.5, 0.6) is 0 Å². The standard InChI is InChI=1S/C17H31B/c1-5-14-15-10-13(17(15,3)4)11-16(14)18-9-7-6-8-12(18)2/h12-16H,5-11H2,1-4H3/t12?,13-,14?,15+,16+/m0/s1. The molecule has 2 bridgehead atoms. The second kappa shape index (κ2) is 4.56. The Labute approximate surface area is 114 Å². The van der Waals surface area contributed by atoms with Crippen LogP contribution < -0.4 is 0 Å². The second-order valence-electron chi connectivity index (χ2n) is 8.26. The molecule has 5 atom stereocenters. The summed E-state index contributed by atoms with van der Waals surface area (Å²) in [6, 6.07) is 0. The summed E-state index contributed by atoms with van der Waals surface area (Å²) in [5, 5.41) is 0. The summed E-state index contributed by atoms with van der Waals surface area (Å²) in [5.74, 6) is 5.26. The number of rotatable bonds is 2. The Bertz CT molecular complexity index is 309. The van der Waals surface area contributed by atoms with Crippen molar-refractivity contribution in [1.82, 2.24) is 0 Å². The van der Waals surface area contributed by atoms with Crippen molar-refractivity contribution in [2.45, 2.75) is 84.2 Å². The van der Waals surface area contributed by atoms with Gasteiger partial charge in [0.05, 0.1) is 0 Å². The van der Waals surface area contributed by atoms with Crippen molar-refractivity contribution >= 4 is 6.71 Å². The SMILES string of the molecule is CCC1[C@H]2C[C@@H](C[C@H]1B1CCCCC1C)C2(C)C. The lowest BCUT2D eigenvalue weighted by Gasteiger charge is -2.64. The maximum atomic E-state index is 2.55. The van der Waals surface area contributed by atoms with E-state index in [1.807, 2.05) is 0 Å². The van der Waals surface area contributed by atoms with Crippen LogP contribution >= 0.6 is 0 Å². The molecule has 4 rings (SSSR count). The highest BCUT2D eigenvalue weighted by Crippen LogP contribution is 2.67. The predicted octanol–water partition coefficient (Wildman–Crippen LogP) is 5.52. The Morgan fingerprint density at radius 1 is 1.17 bits per heavy atom. The first-order valence-electron chi connectivity index (χ1n) is 8.55. The van der Waals surface area contributed by atoms with E-state index in [1.54, 1.807) is 19.2 Å². The van der Waals surface area contributed by atoms with E-state index < -0.39 is 0 Å². The summed E-state index contributed by atoms with van der Waals surface area (Å²) in [4.78, 5) is 0. The molecule has 3 saturated carbocycles. The lowest BCUT2D eigenvalue weighted by atomic mass is 9.23. The van der Waals surface area contributed by atoms with Gasteiger partial charge in [-0.3, -0.25) is 0 Å². The highest BCUT2D eigenvalue weighted by atomic mass is 14.6. The van der Waals surface area contributed by atoms with Crippen molar-refractivity contribution in [3.8, 4) is 0 Å². The summed E-state index contributed by atoms with van der Waals surface area (Å²) in [6.07, 6.45) is 10.6. The van der Waals surface area contributed by atoms with Crippen LogP contribution in [-0.2, 0) is 0 Å². The molecule has 0 N–H and O–H groups in total. The van der Waals surface area contributed by atoms with Crippen molar-refractivity contribution in [3.05, 3.63) is 0 Å². The smallest absolute Gasteiger partial charge is 0.0737 e. The van der Waals surface area contributed by atoms with Crippen LogP contribution in [0.25, 0.3) is 0 Å². The lowest BCUT2D eigenvalue weighted by molar-refractivity contribution is -0.106. The average molecular weight is 246 g/mol. The summed E-state index contributed by atoms with van der Waals surface area (Å²) < 4.78 is 0. The maximum Gasteiger partial charge on any atom is 0.146 e. The van der Waals surface area contributed by atoms with Crippen LogP contribution in [0.1, 0.15) is 66.2 Å². The fraction of sp³-hybridized carbons (Fsp3) is 1.00. The number of hydrogen-bond acceptors (Lipinski definition) is 0. The molecule has 0 aromatic carbocycles. The number of hydrogen-bond donors (Lipinski definition) is 0. The van der Waals surface area contributed by atoms with Crippen LogP contribution in [0.2, 0.25) is 18.0 Å². The van der Waals surface area contributed by atoms with Crippen molar-refractivity contribution in [1.29, 1.82) is 0 Å². The quantitative estimate of drug-likeness (QED) is 0.563. The molecular weight excluding hydrogens is 215 g/mol. The lowest BCUT2D eigenvalue weighted by Crippen LogP contribution is -2.56. The van der Waals surface area contributed by atoms with Gasteiger partial charge in [-0.05, 0) is 29.6 Å². The van der Waals surface area contributed by atoms with E-state index in [2.05, 4.69) is 27.7 Å². The van der Waals surface area contributed by atoms with Gasteiger partial charge in [-0.2, -0.15) is 0 Å². The minimum atomic E-state index is 0.676. The van der Waals surface area contributed by atoms with Gasteiger partial charge in [0.1, 0.15) is 6.71 Å². The Kier molecular flexibility index (Phi) is 3.31. The van der Waals surface area contributed by atoms with Crippen molar-refractivity contribution in [2.75, 3.05) is 0 Å². The van der Waals surface area contributed by atoms with Crippen LogP contribution in [0, 0.1) is 23.2 Å². The molecule has 1 heterocycles. The van der Waals surface area contributed by atoms with E-state index in [0.29, 0.717) is 5.41 Å². The van der Waals surface area contributed by atoms with Crippen molar-refractivity contribution in [3.63, 3.8) is 0 Å². The van der Waals surface area contributed by atoms with E-state index in [-0.39, 0.29) is 0 Å². The normalized spacial score (nSPS) is 46.7. The van der Waals surface area contributed by atoms with Gasteiger partial charge in [-0.15, -0.1) is 0 Å². The van der Waals surface area contributed by atoms with Gasteiger partial charge in [0, 0.05) is 0 Å². The van der Waals surface area contributed by atoms with Gasteiger partial charge >= 0.3 is 0 Å². The van der Waals surface area contributed by atoms with Gasteiger partial charge in [0.25, 0.3) is 0 Å². The first kappa shape index (κ1) is 13.1. The zero-order valence-corrected chi connectivity index (χ0v) is 12.9. The maximum absolute atomic E-state index is 2.55. The molecule has 0 radical (unpaired) electrons. The summed E-state index contributed by atoms with van der Waals surface area (Å²) in [6.45, 7) is 11.2. The van der Waals surface area contributed by atoms with E-state index in [4.69, 9.17) is 0 Å². The molecule has 1 heteroatoms. The molecule has 4 fully saturated rings. The molecule has 18 heavy (non-hydrogen) atoms. The van der Waals surface area contributed by atoms with Crippen molar-refractivity contribution in [2.24, 2.45) is 23.2 Å². The Morgan fingerprint density at radius 2 is 1.94 bits per heavy atom. The zero-order chi connectivity index (χ0) is 12.9. The van der Waals surface area contributed by atoms with Crippen LogP contribution in [0.4, 0.5) is 0 Å². The minimum absolute atomic E-state index is 0.676. The van der Waals surface area contributed by atoms with E-state index >= 15 is 0 Å². The Morgan fingerprint density at radius 3 is 2.56 bits per heavy atom. The molecule has 0 aromatic rings. The van der Waals surface area contributed by atoms with Crippen LogP contribution in [0.3, 0.4) is 0 Å². The number of fused-ring (bicyclic) bond motifs is 2. The fourth-order valence-corrected chi connectivity index (χ4v) is 6.05. The third-order valence-electron chi connectivity index (χ3n) is 7.37. The molecule has 4 aliphatic rings. The fourth-order valence-electron chi connectivity index (χ4n) is 6.05. The molecule has 0 nitrogen and oxygen atoms in total. The third kappa shape index (κ3) is 1.80. The monoisotopic (exact) mass is 246 g/mol. The van der Waals surface area contributed by atoms with E-state index in [0.717, 1.165) is 36.1 Å². The van der Waals surface area contributed by atoms with Crippen molar-refractivity contribution < 1.29 is 0 Å². The van der Waals surface area contributed by atoms with Crippen LogP contribution in [-0.4, -0.2) is 6.71 Å². The summed E-state index contributed by atoms with van der Waals surface area (Å²) in [5.41, 5.74) is 0.676. The van der Waals surface area contributed by atoms with E-state index in [9.17, 15) is 0 Å². The first-order chi connectivity index (χ1) is 8.55. The van der Waals surface area contributed by atoms with Gasteiger partial charge in [0.2, 0.25) is 0 Å². The summed E-state index contributed by atoms with van der Waals surface area (Å²) in [7, 11) is 0. The molecule has 102 valence electrons. The molecule has 1 aliphatic heterocycles. The van der Waals surface area contributed by atoms with Gasteiger partial charge < -0.3 is 0 Å². The molecule has 2 unspecified atom stereocenters. The molecule has 0 aromatic heterocycles. The average Bonchev–Trinajstić information content (AvgIpc) is 2.38. The minimum Gasteiger partial charge on any atom is -0.0737 e. The molecule has 0 spiro atoms. The Balaban J connectivity index is 1.77. The Hall–Kier alpha value is 0.0649. The van der Waals surface area contributed by atoms with Gasteiger partial charge in [0.15, 0.2) is 0 Å². The van der Waals surface area contributed by atoms with Gasteiger partial charge in [-0.1, -0.05) is 77.8 Å². The van der Waals surface area contributed by atoms with Gasteiger partial charge in [-0.25, -0.2) is 0 Å². The molecular formula is C17H31B. The van der Waals surface area contributed by atoms with Crippen LogP contribution in [0.15, 0.2) is 0 Å². The zero-order valence-electron chi connectivity index (χ0n) is 12.9. The largest absolute Gasteiger partial charge is 0.146 e.